The standard InChI is InChI=1S/C19H15N3O3/c20-10-17-11-21-22(12-17)19(23)25-14-16-6-8-18(9-7-16)24-13-15-4-2-1-3-5-15/h1-9,11-12H,13-14H2. The third kappa shape index (κ3) is 4.45. The van der Waals surface area contributed by atoms with Crippen molar-refractivity contribution in [2.75, 3.05) is 0 Å². The predicted molar refractivity (Wildman–Crippen MR) is 89.7 cm³/mol. The zero-order valence-corrected chi connectivity index (χ0v) is 13.3. The first-order valence-corrected chi connectivity index (χ1v) is 7.62. The van der Waals surface area contributed by atoms with E-state index in [2.05, 4.69) is 5.10 Å². The Hall–Kier alpha value is -3.59. The first-order chi connectivity index (χ1) is 12.2. The molecule has 0 bridgehead atoms. The maximum atomic E-state index is 11.8. The minimum Gasteiger partial charge on any atom is -0.489 e. The van der Waals surface area contributed by atoms with Gasteiger partial charge in [0, 0.05) is 0 Å². The lowest BCUT2D eigenvalue weighted by atomic mass is 10.2. The lowest BCUT2D eigenvalue weighted by molar-refractivity contribution is 0.138. The molecule has 0 saturated carbocycles. The van der Waals surface area contributed by atoms with E-state index in [9.17, 15) is 4.79 Å². The van der Waals surface area contributed by atoms with Crippen LogP contribution < -0.4 is 4.74 Å². The minimum absolute atomic E-state index is 0.111. The smallest absolute Gasteiger partial charge is 0.435 e. The van der Waals surface area contributed by atoms with Crippen LogP contribution in [-0.4, -0.2) is 15.9 Å². The predicted octanol–water partition coefficient (Wildman–Crippen LogP) is 3.52. The number of benzene rings is 2. The highest BCUT2D eigenvalue weighted by Gasteiger charge is 2.08. The Morgan fingerprint density at radius 1 is 1.04 bits per heavy atom. The number of hydrogen-bond donors (Lipinski definition) is 0. The summed E-state index contributed by atoms with van der Waals surface area (Å²) in [7, 11) is 0. The summed E-state index contributed by atoms with van der Waals surface area (Å²) < 4.78 is 11.9. The van der Waals surface area contributed by atoms with Crippen molar-refractivity contribution in [1.82, 2.24) is 9.78 Å². The number of ether oxygens (including phenoxy) is 2. The van der Waals surface area contributed by atoms with E-state index in [0.717, 1.165) is 21.6 Å². The van der Waals surface area contributed by atoms with Crippen LogP contribution in [0, 0.1) is 11.3 Å². The van der Waals surface area contributed by atoms with Crippen LogP contribution >= 0.6 is 0 Å². The normalized spacial score (nSPS) is 10.0. The van der Waals surface area contributed by atoms with Gasteiger partial charge in [0.25, 0.3) is 0 Å². The Bertz CT molecular complexity index is 880. The van der Waals surface area contributed by atoms with E-state index in [0.29, 0.717) is 12.2 Å². The molecule has 0 radical (unpaired) electrons. The van der Waals surface area contributed by atoms with Crippen molar-refractivity contribution in [2.24, 2.45) is 0 Å². The van der Waals surface area contributed by atoms with Crippen molar-refractivity contribution in [3.63, 3.8) is 0 Å². The Kier molecular flexibility index (Phi) is 5.07. The van der Waals surface area contributed by atoms with Gasteiger partial charge in [-0.2, -0.15) is 15.0 Å². The zero-order valence-electron chi connectivity index (χ0n) is 13.3. The second-order valence-electron chi connectivity index (χ2n) is 5.26. The van der Waals surface area contributed by atoms with Gasteiger partial charge >= 0.3 is 6.09 Å². The van der Waals surface area contributed by atoms with E-state index in [1.807, 2.05) is 60.7 Å². The first-order valence-electron chi connectivity index (χ1n) is 7.62. The number of rotatable bonds is 5. The van der Waals surface area contributed by atoms with Gasteiger partial charge in [-0.1, -0.05) is 42.5 Å². The molecule has 0 N–H and O–H groups in total. The van der Waals surface area contributed by atoms with Gasteiger partial charge in [0.05, 0.1) is 18.0 Å². The van der Waals surface area contributed by atoms with Gasteiger partial charge < -0.3 is 9.47 Å². The number of aromatic nitrogens is 2. The maximum absolute atomic E-state index is 11.8. The van der Waals surface area contributed by atoms with Crippen LogP contribution in [0.2, 0.25) is 0 Å². The third-order valence-corrected chi connectivity index (χ3v) is 3.43. The molecule has 0 saturated heterocycles. The molecule has 1 heterocycles. The molecule has 3 aromatic rings. The van der Waals surface area contributed by atoms with Crippen LogP contribution in [0.5, 0.6) is 5.75 Å². The van der Waals surface area contributed by atoms with Gasteiger partial charge in [0.15, 0.2) is 0 Å². The summed E-state index contributed by atoms with van der Waals surface area (Å²) in [6.45, 7) is 0.606. The highest BCUT2D eigenvalue weighted by molar-refractivity contribution is 5.69. The molecule has 124 valence electrons. The summed E-state index contributed by atoms with van der Waals surface area (Å²) in [4.78, 5) is 11.8. The molecule has 25 heavy (non-hydrogen) atoms. The van der Waals surface area contributed by atoms with Crippen molar-refractivity contribution in [2.45, 2.75) is 13.2 Å². The molecule has 6 nitrogen and oxygen atoms in total. The summed E-state index contributed by atoms with van der Waals surface area (Å²) in [6.07, 6.45) is 1.99. The lowest BCUT2D eigenvalue weighted by Gasteiger charge is -2.08. The molecular formula is C19H15N3O3. The van der Waals surface area contributed by atoms with E-state index < -0.39 is 6.09 Å². The van der Waals surface area contributed by atoms with Gasteiger partial charge in [-0.15, -0.1) is 0 Å². The summed E-state index contributed by atoms with van der Waals surface area (Å²) in [5.74, 6) is 0.740. The quantitative estimate of drug-likeness (QED) is 0.714. The van der Waals surface area contributed by atoms with Gasteiger partial charge in [-0.05, 0) is 23.3 Å². The van der Waals surface area contributed by atoms with Crippen LogP contribution in [0.1, 0.15) is 16.7 Å². The molecule has 0 aliphatic rings. The van der Waals surface area contributed by atoms with Crippen molar-refractivity contribution in [3.8, 4) is 11.8 Å². The average molecular weight is 333 g/mol. The Morgan fingerprint density at radius 3 is 2.44 bits per heavy atom. The van der Waals surface area contributed by atoms with Gasteiger partial charge in [-0.25, -0.2) is 4.79 Å². The van der Waals surface area contributed by atoms with Gasteiger partial charge in [-0.3, -0.25) is 0 Å². The lowest BCUT2D eigenvalue weighted by Crippen LogP contribution is -2.13. The SMILES string of the molecule is N#Cc1cnn(C(=O)OCc2ccc(OCc3ccccc3)cc2)c1. The highest BCUT2D eigenvalue weighted by atomic mass is 16.6. The molecular weight excluding hydrogens is 318 g/mol. The molecule has 0 amide bonds. The maximum Gasteiger partial charge on any atom is 0.435 e. The molecule has 0 unspecified atom stereocenters. The molecule has 1 aromatic heterocycles. The molecule has 0 aliphatic heterocycles. The van der Waals surface area contributed by atoms with Crippen molar-refractivity contribution in [3.05, 3.63) is 83.7 Å². The fourth-order valence-corrected chi connectivity index (χ4v) is 2.11. The summed E-state index contributed by atoms with van der Waals surface area (Å²) >= 11 is 0. The number of carbonyl (C=O) groups is 1. The second kappa shape index (κ2) is 7.79. The van der Waals surface area contributed by atoms with Crippen LogP contribution in [0.15, 0.2) is 67.0 Å². The van der Waals surface area contributed by atoms with E-state index in [-0.39, 0.29) is 6.61 Å². The summed E-state index contributed by atoms with van der Waals surface area (Å²) in [6, 6.07) is 19.1. The number of nitrogens with zero attached hydrogens (tertiary/aromatic N) is 3. The van der Waals surface area contributed by atoms with E-state index in [1.54, 1.807) is 0 Å². The fourth-order valence-electron chi connectivity index (χ4n) is 2.11. The highest BCUT2D eigenvalue weighted by Crippen LogP contribution is 2.15. The van der Waals surface area contributed by atoms with Crippen LogP contribution in [0.3, 0.4) is 0 Å². The first kappa shape index (κ1) is 16.3. The summed E-state index contributed by atoms with van der Waals surface area (Å²) in [5.41, 5.74) is 2.22. The molecule has 0 fully saturated rings. The van der Waals surface area contributed by atoms with Crippen molar-refractivity contribution >= 4 is 6.09 Å². The van der Waals surface area contributed by atoms with Crippen LogP contribution in [-0.2, 0) is 18.0 Å². The molecule has 0 spiro atoms. The fraction of sp³-hybridized carbons (Fsp3) is 0.105. The Balaban J connectivity index is 1.50. The number of carbonyl (C=O) groups excluding carboxylic acids is 1. The van der Waals surface area contributed by atoms with Gasteiger partial charge in [0.2, 0.25) is 0 Å². The van der Waals surface area contributed by atoms with Crippen molar-refractivity contribution < 1.29 is 14.3 Å². The largest absolute Gasteiger partial charge is 0.489 e. The van der Waals surface area contributed by atoms with Crippen LogP contribution in [0.4, 0.5) is 4.79 Å². The van der Waals surface area contributed by atoms with Gasteiger partial charge in [0.1, 0.15) is 25.0 Å². The summed E-state index contributed by atoms with van der Waals surface area (Å²) in [5, 5.41) is 12.5. The average Bonchev–Trinajstić information content (AvgIpc) is 3.15. The van der Waals surface area contributed by atoms with E-state index in [1.165, 1.54) is 12.4 Å². The topological polar surface area (TPSA) is 77.1 Å². The molecule has 6 heteroatoms. The van der Waals surface area contributed by atoms with Crippen molar-refractivity contribution in [1.29, 1.82) is 5.26 Å². The monoisotopic (exact) mass is 333 g/mol. The number of nitriles is 1. The minimum atomic E-state index is -0.633. The molecule has 0 aliphatic carbocycles. The number of hydrogen-bond acceptors (Lipinski definition) is 5. The second-order valence-corrected chi connectivity index (χ2v) is 5.26. The molecule has 2 aromatic carbocycles. The Labute approximate surface area is 144 Å². The van der Waals surface area contributed by atoms with E-state index >= 15 is 0 Å². The zero-order chi connectivity index (χ0) is 17.5. The van der Waals surface area contributed by atoms with E-state index in [4.69, 9.17) is 14.7 Å². The van der Waals surface area contributed by atoms with Crippen LogP contribution in [0.25, 0.3) is 0 Å². The molecule has 3 rings (SSSR count). The Morgan fingerprint density at radius 2 is 1.76 bits per heavy atom. The molecule has 0 atom stereocenters. The third-order valence-electron chi connectivity index (χ3n) is 3.43.